The zero-order valence-electron chi connectivity index (χ0n) is 28.0. The minimum atomic E-state index is 0.485. The van der Waals surface area contributed by atoms with E-state index in [0.29, 0.717) is 40.1 Å². The van der Waals surface area contributed by atoms with Gasteiger partial charge in [0.15, 0.2) is 23.1 Å². The number of benzene rings is 7. The van der Waals surface area contributed by atoms with Gasteiger partial charge in [0.1, 0.15) is 27.8 Å². The van der Waals surface area contributed by atoms with Crippen LogP contribution in [0.15, 0.2) is 171 Å². The van der Waals surface area contributed by atoms with Crippen molar-refractivity contribution in [2.24, 2.45) is 0 Å². The SMILES string of the molecule is c1ccc(-c2cc(-c3nc4ccccc4o3)c3oc4c(-c5nc(-c6ccccc6)nc(-c6cccc7c6oc6ccccc67)n5)cccc4c3c2)cc1. The summed E-state index contributed by atoms with van der Waals surface area (Å²) in [7, 11) is 0. The average molecular weight is 683 g/mol. The van der Waals surface area contributed by atoms with Gasteiger partial charge in [0.05, 0.1) is 16.7 Å². The Kier molecular flexibility index (Phi) is 6.42. The van der Waals surface area contributed by atoms with Gasteiger partial charge in [0.2, 0.25) is 5.89 Å². The van der Waals surface area contributed by atoms with Crippen molar-refractivity contribution in [1.29, 1.82) is 0 Å². The van der Waals surface area contributed by atoms with Crippen LogP contribution >= 0.6 is 0 Å². The lowest BCUT2D eigenvalue weighted by Gasteiger charge is -2.09. The third kappa shape index (κ3) is 4.75. The molecule has 0 fully saturated rings. The highest BCUT2D eigenvalue weighted by Gasteiger charge is 2.23. The van der Waals surface area contributed by atoms with Crippen molar-refractivity contribution >= 4 is 55.0 Å². The highest BCUT2D eigenvalue weighted by atomic mass is 16.4. The molecular formula is C46H26N4O3. The van der Waals surface area contributed by atoms with E-state index in [9.17, 15) is 0 Å². The van der Waals surface area contributed by atoms with E-state index in [4.69, 9.17) is 33.2 Å². The molecule has 0 saturated carbocycles. The van der Waals surface area contributed by atoms with Gasteiger partial charge >= 0.3 is 0 Å². The van der Waals surface area contributed by atoms with E-state index in [2.05, 4.69) is 42.5 Å². The summed E-state index contributed by atoms with van der Waals surface area (Å²) in [6.07, 6.45) is 0. The number of oxazole rings is 1. The second kappa shape index (κ2) is 11.6. The Labute approximate surface area is 301 Å². The first-order chi connectivity index (χ1) is 26.2. The van der Waals surface area contributed by atoms with Crippen LogP contribution in [0.5, 0.6) is 0 Å². The largest absolute Gasteiger partial charge is 0.455 e. The molecular weight excluding hydrogens is 657 g/mol. The molecule has 53 heavy (non-hydrogen) atoms. The summed E-state index contributed by atoms with van der Waals surface area (Å²) in [5.74, 6) is 2.02. The lowest BCUT2D eigenvalue weighted by atomic mass is 9.99. The molecule has 0 saturated heterocycles. The van der Waals surface area contributed by atoms with Crippen LogP contribution in [0.2, 0.25) is 0 Å². The third-order valence-electron chi connectivity index (χ3n) is 9.78. The van der Waals surface area contributed by atoms with Crippen LogP contribution in [-0.2, 0) is 0 Å². The van der Waals surface area contributed by atoms with Crippen LogP contribution in [-0.4, -0.2) is 19.9 Å². The smallest absolute Gasteiger partial charge is 0.231 e. The molecule has 7 aromatic carbocycles. The average Bonchev–Trinajstić information content (AvgIpc) is 3.94. The van der Waals surface area contributed by atoms with E-state index in [1.807, 2.05) is 115 Å². The normalized spacial score (nSPS) is 11.8. The predicted octanol–water partition coefficient (Wildman–Crippen LogP) is 12.1. The molecule has 4 heterocycles. The molecule has 0 unspecified atom stereocenters. The van der Waals surface area contributed by atoms with Crippen LogP contribution in [0, 0.1) is 0 Å². The molecule has 0 aliphatic heterocycles. The zero-order valence-corrected chi connectivity index (χ0v) is 28.0. The molecule has 0 bridgehead atoms. The minimum Gasteiger partial charge on any atom is -0.455 e. The second-order valence-electron chi connectivity index (χ2n) is 13.0. The maximum Gasteiger partial charge on any atom is 0.231 e. The topological polar surface area (TPSA) is 91.0 Å². The number of furan rings is 2. The van der Waals surface area contributed by atoms with Gasteiger partial charge in [-0.1, -0.05) is 115 Å². The molecule has 7 heteroatoms. The minimum absolute atomic E-state index is 0.485. The summed E-state index contributed by atoms with van der Waals surface area (Å²) < 4.78 is 19.7. The van der Waals surface area contributed by atoms with Crippen molar-refractivity contribution in [3.05, 3.63) is 158 Å². The molecule has 0 atom stereocenters. The standard InChI is InChI=1S/C46H26N4O3/c1-3-13-27(14-4-1)29-25-35-32-19-12-21-34(41(32)53-42(35)36(26-29)46-47-37-22-8-10-24-39(37)52-46)45-49-43(28-15-5-2-6-16-28)48-44(50-45)33-20-11-18-31-30-17-7-9-23-38(30)51-40(31)33/h1-26H. The van der Waals surface area contributed by atoms with Crippen molar-refractivity contribution in [2.45, 2.75) is 0 Å². The summed E-state index contributed by atoms with van der Waals surface area (Å²) >= 11 is 0. The van der Waals surface area contributed by atoms with Crippen molar-refractivity contribution in [1.82, 2.24) is 19.9 Å². The fourth-order valence-electron chi connectivity index (χ4n) is 7.28. The van der Waals surface area contributed by atoms with E-state index >= 15 is 0 Å². The Morgan fingerprint density at radius 3 is 1.62 bits per heavy atom. The first-order valence-electron chi connectivity index (χ1n) is 17.4. The zero-order chi connectivity index (χ0) is 34.9. The lowest BCUT2D eigenvalue weighted by molar-refractivity contribution is 0.615. The number of nitrogens with zero attached hydrogens (tertiary/aromatic N) is 4. The van der Waals surface area contributed by atoms with E-state index in [-0.39, 0.29) is 0 Å². The Bertz CT molecular complexity index is 3150. The van der Waals surface area contributed by atoms with E-state index in [1.54, 1.807) is 0 Å². The monoisotopic (exact) mass is 682 g/mol. The molecule has 11 aromatic rings. The van der Waals surface area contributed by atoms with Crippen LogP contribution < -0.4 is 0 Å². The van der Waals surface area contributed by atoms with Crippen molar-refractivity contribution in [3.63, 3.8) is 0 Å². The Hall–Kier alpha value is -7.38. The molecule has 0 spiro atoms. The van der Waals surface area contributed by atoms with Gasteiger partial charge in [-0.3, -0.25) is 0 Å². The van der Waals surface area contributed by atoms with E-state index < -0.39 is 0 Å². The molecule has 0 aliphatic carbocycles. The first-order valence-corrected chi connectivity index (χ1v) is 17.4. The molecule has 4 aromatic heterocycles. The Morgan fingerprint density at radius 1 is 0.321 bits per heavy atom. The fraction of sp³-hybridized carbons (Fsp3) is 0. The summed E-state index contributed by atoms with van der Waals surface area (Å²) in [5.41, 5.74) is 9.60. The van der Waals surface area contributed by atoms with Gasteiger partial charge in [-0.2, -0.15) is 0 Å². The van der Waals surface area contributed by atoms with Gasteiger partial charge in [-0.25, -0.2) is 19.9 Å². The molecule has 7 nitrogen and oxygen atoms in total. The summed E-state index contributed by atoms with van der Waals surface area (Å²) in [4.78, 5) is 20.1. The van der Waals surface area contributed by atoms with Crippen molar-refractivity contribution < 1.29 is 13.3 Å². The molecule has 11 rings (SSSR count). The Morgan fingerprint density at radius 2 is 0.887 bits per heavy atom. The molecule has 0 amide bonds. The number of rotatable bonds is 5. The fourth-order valence-corrected chi connectivity index (χ4v) is 7.28. The predicted molar refractivity (Wildman–Crippen MR) is 209 cm³/mol. The van der Waals surface area contributed by atoms with Crippen LogP contribution in [0.4, 0.5) is 0 Å². The maximum atomic E-state index is 6.89. The highest BCUT2D eigenvalue weighted by Crippen LogP contribution is 2.43. The number of para-hydroxylation sites is 5. The first kappa shape index (κ1) is 29.4. The van der Waals surface area contributed by atoms with Gasteiger partial charge in [0, 0.05) is 27.1 Å². The number of hydrogen-bond acceptors (Lipinski definition) is 7. The van der Waals surface area contributed by atoms with Gasteiger partial charge in [-0.15, -0.1) is 0 Å². The van der Waals surface area contributed by atoms with Gasteiger partial charge in [-0.05, 0) is 53.6 Å². The van der Waals surface area contributed by atoms with E-state index in [0.717, 1.165) is 71.6 Å². The maximum absolute atomic E-state index is 6.89. The van der Waals surface area contributed by atoms with Crippen LogP contribution in [0.25, 0.3) is 112 Å². The summed E-state index contributed by atoms with van der Waals surface area (Å²) in [5, 5.41) is 3.90. The number of fused-ring (bicyclic) bond motifs is 7. The molecule has 0 radical (unpaired) electrons. The van der Waals surface area contributed by atoms with Gasteiger partial charge < -0.3 is 13.3 Å². The molecule has 0 aliphatic rings. The summed E-state index contributed by atoms with van der Waals surface area (Å²) in [6.45, 7) is 0. The van der Waals surface area contributed by atoms with Gasteiger partial charge in [0.25, 0.3) is 0 Å². The Balaban J connectivity index is 1.18. The lowest BCUT2D eigenvalue weighted by Crippen LogP contribution is -2.00. The van der Waals surface area contributed by atoms with Crippen LogP contribution in [0.3, 0.4) is 0 Å². The second-order valence-corrected chi connectivity index (χ2v) is 13.0. The van der Waals surface area contributed by atoms with Crippen LogP contribution in [0.1, 0.15) is 0 Å². The highest BCUT2D eigenvalue weighted by molar-refractivity contribution is 6.14. The van der Waals surface area contributed by atoms with E-state index in [1.165, 1.54) is 0 Å². The quantitative estimate of drug-likeness (QED) is 0.178. The van der Waals surface area contributed by atoms with Crippen molar-refractivity contribution in [3.8, 4) is 56.7 Å². The molecule has 0 N–H and O–H groups in total. The number of hydrogen-bond donors (Lipinski definition) is 0. The number of aromatic nitrogens is 4. The van der Waals surface area contributed by atoms with Crippen molar-refractivity contribution in [2.75, 3.05) is 0 Å². The molecule has 248 valence electrons. The summed E-state index contributed by atoms with van der Waals surface area (Å²) in [6, 6.07) is 52.5. The third-order valence-corrected chi connectivity index (χ3v) is 9.78.